The molecule has 0 fully saturated rings. The van der Waals surface area contributed by atoms with Gasteiger partial charge in [-0.3, -0.25) is 0 Å². The zero-order valence-electron chi connectivity index (χ0n) is 16.1. The van der Waals surface area contributed by atoms with E-state index in [-0.39, 0.29) is 18.5 Å². The van der Waals surface area contributed by atoms with Crippen molar-refractivity contribution in [2.24, 2.45) is 0 Å². The second kappa shape index (κ2) is 8.38. The molecule has 3 rings (SSSR count). The van der Waals surface area contributed by atoms with Crippen LogP contribution in [0, 0.1) is 6.92 Å². The van der Waals surface area contributed by atoms with E-state index in [1.54, 1.807) is 7.11 Å². The average Bonchev–Trinajstić information content (AvgIpc) is 2.91. The number of rotatable bonds is 4. The number of phenolic OH excluding ortho intramolecular Hbond substituents is 1. The second-order valence-corrected chi connectivity index (χ2v) is 6.79. The fourth-order valence-corrected chi connectivity index (χ4v) is 3.47. The molecule has 0 aromatic heterocycles. The highest BCUT2D eigenvalue weighted by atomic mass is 16.5. The summed E-state index contributed by atoms with van der Waals surface area (Å²) in [5.41, 5.74) is 4.18. The number of methoxy groups -OCH3 is 1. The van der Waals surface area contributed by atoms with Crippen molar-refractivity contribution in [1.29, 1.82) is 0 Å². The van der Waals surface area contributed by atoms with E-state index in [9.17, 15) is 10.2 Å². The van der Waals surface area contributed by atoms with Crippen LogP contribution in [0.15, 0.2) is 42.5 Å². The molecule has 0 bridgehead atoms. The minimum absolute atomic E-state index is 0.0582. The van der Waals surface area contributed by atoms with E-state index in [1.165, 1.54) is 0 Å². The SMILES string of the molecule is COC(C)/C=c1/cccc/c1=C(/CO)c1c(O)c(C)cc2c1C=CCC=C2. The zero-order valence-corrected chi connectivity index (χ0v) is 16.1. The number of hydrogen-bond acceptors (Lipinski definition) is 3. The molecule has 140 valence electrons. The van der Waals surface area contributed by atoms with Crippen LogP contribution < -0.4 is 10.4 Å². The highest BCUT2D eigenvalue weighted by molar-refractivity contribution is 5.84. The summed E-state index contributed by atoms with van der Waals surface area (Å²) in [6.07, 6.45) is 11.1. The van der Waals surface area contributed by atoms with Gasteiger partial charge in [0.05, 0.1) is 12.7 Å². The van der Waals surface area contributed by atoms with Gasteiger partial charge in [-0.2, -0.15) is 0 Å². The highest BCUT2D eigenvalue weighted by Gasteiger charge is 2.18. The van der Waals surface area contributed by atoms with Gasteiger partial charge in [-0.15, -0.1) is 0 Å². The van der Waals surface area contributed by atoms with Gasteiger partial charge in [0.25, 0.3) is 0 Å². The molecule has 27 heavy (non-hydrogen) atoms. The number of allylic oxidation sites excluding steroid dienone is 2. The Morgan fingerprint density at radius 3 is 2.70 bits per heavy atom. The number of ether oxygens (including phenoxy) is 1. The lowest BCUT2D eigenvalue weighted by Crippen LogP contribution is -2.30. The van der Waals surface area contributed by atoms with Gasteiger partial charge in [0.1, 0.15) is 5.75 Å². The van der Waals surface area contributed by atoms with Gasteiger partial charge in [-0.05, 0) is 65.1 Å². The van der Waals surface area contributed by atoms with Crippen LogP contribution in [0.5, 0.6) is 5.75 Å². The molecule has 2 aromatic rings. The monoisotopic (exact) mass is 362 g/mol. The number of aromatic hydroxyl groups is 1. The van der Waals surface area contributed by atoms with Crippen molar-refractivity contribution in [3.05, 3.63) is 75.2 Å². The van der Waals surface area contributed by atoms with Gasteiger partial charge in [0, 0.05) is 12.7 Å². The Bertz CT molecular complexity index is 1010. The van der Waals surface area contributed by atoms with E-state index in [2.05, 4.69) is 18.2 Å². The number of fused-ring (bicyclic) bond motifs is 1. The van der Waals surface area contributed by atoms with Crippen LogP contribution in [-0.2, 0) is 4.74 Å². The molecule has 1 aliphatic rings. The molecule has 0 aliphatic heterocycles. The Labute approximate surface area is 160 Å². The van der Waals surface area contributed by atoms with Crippen molar-refractivity contribution in [3.8, 4) is 5.75 Å². The number of benzene rings is 2. The van der Waals surface area contributed by atoms with Crippen molar-refractivity contribution in [2.45, 2.75) is 26.4 Å². The van der Waals surface area contributed by atoms with Gasteiger partial charge >= 0.3 is 0 Å². The summed E-state index contributed by atoms with van der Waals surface area (Å²) in [5.74, 6) is 0.215. The number of aliphatic hydroxyl groups excluding tert-OH is 1. The molecular formula is C24H26O3. The van der Waals surface area contributed by atoms with Crippen molar-refractivity contribution in [2.75, 3.05) is 13.7 Å². The first kappa shape index (κ1) is 19.2. The van der Waals surface area contributed by atoms with E-state index in [0.717, 1.165) is 33.5 Å². The molecule has 0 saturated carbocycles. The quantitative estimate of drug-likeness (QED) is 0.879. The van der Waals surface area contributed by atoms with Crippen molar-refractivity contribution >= 4 is 23.8 Å². The van der Waals surface area contributed by atoms with Crippen molar-refractivity contribution < 1.29 is 14.9 Å². The van der Waals surface area contributed by atoms with Crippen LogP contribution in [0.25, 0.3) is 23.8 Å². The molecule has 2 aromatic carbocycles. The highest BCUT2D eigenvalue weighted by Crippen LogP contribution is 2.35. The lowest BCUT2D eigenvalue weighted by atomic mass is 9.90. The van der Waals surface area contributed by atoms with Crippen LogP contribution in [0.2, 0.25) is 0 Å². The first-order chi connectivity index (χ1) is 13.1. The van der Waals surface area contributed by atoms with E-state index >= 15 is 0 Å². The molecule has 0 saturated heterocycles. The normalized spacial score (nSPS) is 16.1. The fourth-order valence-electron chi connectivity index (χ4n) is 3.47. The predicted molar refractivity (Wildman–Crippen MR) is 112 cm³/mol. The molecule has 0 radical (unpaired) electrons. The van der Waals surface area contributed by atoms with Crippen molar-refractivity contribution in [1.82, 2.24) is 0 Å². The first-order valence-electron chi connectivity index (χ1n) is 9.20. The number of hydrogen-bond donors (Lipinski definition) is 2. The Morgan fingerprint density at radius 1 is 1.22 bits per heavy atom. The maximum Gasteiger partial charge on any atom is 0.126 e. The van der Waals surface area contributed by atoms with Gasteiger partial charge in [-0.25, -0.2) is 0 Å². The fraction of sp³-hybridized carbons (Fsp3) is 0.250. The van der Waals surface area contributed by atoms with Crippen LogP contribution >= 0.6 is 0 Å². The summed E-state index contributed by atoms with van der Waals surface area (Å²) in [6, 6.07) is 9.87. The maximum absolute atomic E-state index is 10.9. The van der Waals surface area contributed by atoms with Gasteiger partial charge in [-0.1, -0.05) is 48.6 Å². The molecule has 0 amide bonds. The zero-order chi connectivity index (χ0) is 19.4. The Balaban J connectivity index is 2.44. The minimum atomic E-state index is -0.173. The van der Waals surface area contributed by atoms with Crippen molar-refractivity contribution in [3.63, 3.8) is 0 Å². The molecule has 0 spiro atoms. The largest absolute Gasteiger partial charge is 0.507 e. The first-order valence-corrected chi connectivity index (χ1v) is 9.20. The van der Waals surface area contributed by atoms with Crippen LogP contribution in [0.4, 0.5) is 0 Å². The standard InChI is InChI=1S/C24H26O3/c1-16-13-18-9-5-4-6-12-21(18)23(24(16)26)22(15-25)20-11-8-7-10-19(20)14-17(2)27-3/h5-14,17,25-26H,4,15H2,1-3H3/b19-14-,22-20+. The minimum Gasteiger partial charge on any atom is -0.507 e. The number of aryl methyl sites for hydroxylation is 1. The summed E-state index contributed by atoms with van der Waals surface area (Å²) < 4.78 is 5.38. The molecule has 2 N–H and O–H groups in total. The molecule has 1 aliphatic carbocycles. The third kappa shape index (κ3) is 3.90. The van der Waals surface area contributed by atoms with E-state index < -0.39 is 0 Å². The summed E-state index contributed by atoms with van der Waals surface area (Å²) in [4.78, 5) is 0. The van der Waals surface area contributed by atoms with E-state index in [1.807, 2.05) is 56.3 Å². The topological polar surface area (TPSA) is 49.7 Å². The lowest BCUT2D eigenvalue weighted by molar-refractivity contribution is 0.168. The summed E-state index contributed by atoms with van der Waals surface area (Å²) in [5, 5.41) is 23.1. The Hall–Kier alpha value is -2.62. The Kier molecular flexibility index (Phi) is 5.94. The third-order valence-corrected chi connectivity index (χ3v) is 4.95. The molecular weight excluding hydrogens is 336 g/mol. The summed E-state index contributed by atoms with van der Waals surface area (Å²) >= 11 is 0. The lowest BCUT2D eigenvalue weighted by Gasteiger charge is -2.16. The van der Waals surface area contributed by atoms with Gasteiger partial charge in [0.2, 0.25) is 0 Å². The number of aliphatic hydroxyl groups is 1. The van der Waals surface area contributed by atoms with Gasteiger partial charge < -0.3 is 14.9 Å². The molecule has 1 unspecified atom stereocenters. The van der Waals surface area contributed by atoms with E-state index in [4.69, 9.17) is 4.74 Å². The average molecular weight is 362 g/mol. The second-order valence-electron chi connectivity index (χ2n) is 6.79. The molecule has 1 atom stereocenters. The van der Waals surface area contributed by atoms with Crippen LogP contribution in [0.1, 0.15) is 35.6 Å². The van der Waals surface area contributed by atoms with E-state index in [0.29, 0.717) is 11.1 Å². The maximum atomic E-state index is 10.9. The molecule has 0 heterocycles. The molecule has 3 heteroatoms. The van der Waals surface area contributed by atoms with Crippen LogP contribution in [-0.4, -0.2) is 30.0 Å². The smallest absolute Gasteiger partial charge is 0.126 e. The molecule has 3 nitrogen and oxygen atoms in total. The van der Waals surface area contributed by atoms with Crippen LogP contribution in [0.3, 0.4) is 0 Å². The summed E-state index contributed by atoms with van der Waals surface area (Å²) in [6.45, 7) is 3.69. The predicted octanol–water partition coefficient (Wildman–Crippen LogP) is 3.14. The number of phenols is 1. The van der Waals surface area contributed by atoms with Gasteiger partial charge in [0.15, 0.2) is 0 Å². The Morgan fingerprint density at radius 2 is 1.96 bits per heavy atom. The third-order valence-electron chi connectivity index (χ3n) is 4.95. The summed E-state index contributed by atoms with van der Waals surface area (Å²) in [7, 11) is 1.67.